The van der Waals surface area contributed by atoms with Crippen molar-refractivity contribution in [3.8, 4) is 0 Å². The van der Waals surface area contributed by atoms with Crippen LogP contribution in [0.2, 0.25) is 10.0 Å². The summed E-state index contributed by atoms with van der Waals surface area (Å²) in [4.78, 5) is 0. The van der Waals surface area contributed by atoms with Gasteiger partial charge >= 0.3 is 0 Å². The van der Waals surface area contributed by atoms with E-state index in [1.165, 1.54) is 25.9 Å². The minimum absolute atomic E-state index is 0.589. The summed E-state index contributed by atoms with van der Waals surface area (Å²) in [6.45, 7) is 2.11. The predicted molar refractivity (Wildman–Crippen MR) is 105 cm³/mol. The average molecular weight is 440 g/mol. The van der Waals surface area contributed by atoms with Crippen LogP contribution in [0.4, 0.5) is 0 Å². The summed E-state index contributed by atoms with van der Waals surface area (Å²) >= 11 is 14.6. The van der Waals surface area contributed by atoms with Crippen molar-refractivity contribution in [2.45, 2.75) is 13.3 Å². The fraction of sp³-hybridized carbons (Fsp3) is 0.105. The van der Waals surface area contributed by atoms with Crippen molar-refractivity contribution in [2.75, 3.05) is 0 Å². The van der Waals surface area contributed by atoms with Crippen molar-refractivity contribution in [1.29, 1.82) is 0 Å². The molecule has 0 bridgehead atoms. The van der Waals surface area contributed by atoms with Gasteiger partial charge in [0.25, 0.3) is 0 Å². The summed E-state index contributed by atoms with van der Waals surface area (Å²) in [6, 6.07) is 14.5. The van der Waals surface area contributed by atoms with Crippen molar-refractivity contribution in [3.63, 3.8) is 0 Å². The van der Waals surface area contributed by atoms with Gasteiger partial charge in [0.1, 0.15) is 0 Å². The Kier molecular flexibility index (Phi) is 4.96. The molecular formula is C19H14Cl2I. The van der Waals surface area contributed by atoms with E-state index in [4.69, 9.17) is 23.2 Å². The summed E-state index contributed by atoms with van der Waals surface area (Å²) in [6.07, 6.45) is 5.43. The summed E-state index contributed by atoms with van der Waals surface area (Å²) < 4.78 is 1.24. The van der Waals surface area contributed by atoms with E-state index in [1.807, 2.05) is 18.2 Å². The molecular weight excluding hydrogens is 426 g/mol. The Morgan fingerprint density at radius 3 is 2.27 bits per heavy atom. The van der Waals surface area contributed by atoms with Crippen LogP contribution >= 0.6 is 45.8 Å². The van der Waals surface area contributed by atoms with Crippen molar-refractivity contribution in [2.24, 2.45) is 0 Å². The molecule has 2 aromatic carbocycles. The predicted octanol–water partition coefficient (Wildman–Crippen LogP) is 7.14. The normalized spacial score (nSPS) is 15.0. The molecule has 0 N–H and O–H groups in total. The molecule has 0 heterocycles. The zero-order chi connectivity index (χ0) is 15.7. The van der Waals surface area contributed by atoms with E-state index < -0.39 is 0 Å². The highest BCUT2D eigenvalue weighted by atomic mass is 127. The molecule has 0 aliphatic heterocycles. The third kappa shape index (κ3) is 3.27. The number of rotatable bonds is 2. The van der Waals surface area contributed by atoms with Gasteiger partial charge in [-0.2, -0.15) is 0 Å². The second-order valence-electron chi connectivity index (χ2n) is 5.28. The monoisotopic (exact) mass is 439 g/mol. The lowest BCUT2D eigenvalue weighted by Crippen LogP contribution is -1.98. The molecule has 1 aliphatic carbocycles. The number of aryl methyl sites for hydroxylation is 1. The van der Waals surface area contributed by atoms with Crippen LogP contribution in [-0.4, -0.2) is 0 Å². The molecule has 1 aliphatic rings. The Bertz CT molecular complexity index is 771. The van der Waals surface area contributed by atoms with Gasteiger partial charge in [-0.25, -0.2) is 0 Å². The third-order valence-corrected chi connectivity index (χ3v) is 5.61. The van der Waals surface area contributed by atoms with Gasteiger partial charge in [0, 0.05) is 3.58 Å². The topological polar surface area (TPSA) is 0 Å². The van der Waals surface area contributed by atoms with Gasteiger partial charge < -0.3 is 0 Å². The number of halogens is 3. The molecule has 0 fully saturated rings. The molecule has 2 aromatic rings. The van der Waals surface area contributed by atoms with Crippen molar-refractivity contribution in [1.82, 2.24) is 0 Å². The SMILES string of the molecule is Cc1ccc(C2=CC[CH]C(c3ccc(Cl)c(Cl)c3)=C2I)cc1. The van der Waals surface area contributed by atoms with Crippen molar-refractivity contribution < 1.29 is 0 Å². The van der Waals surface area contributed by atoms with Crippen LogP contribution in [0.5, 0.6) is 0 Å². The molecule has 0 aromatic heterocycles. The lowest BCUT2D eigenvalue weighted by molar-refractivity contribution is 1.27. The lowest BCUT2D eigenvalue weighted by Gasteiger charge is -2.19. The van der Waals surface area contributed by atoms with E-state index in [0.717, 1.165) is 12.0 Å². The van der Waals surface area contributed by atoms with Crippen LogP contribution in [0.1, 0.15) is 23.1 Å². The summed E-state index contributed by atoms with van der Waals surface area (Å²) in [5, 5.41) is 1.18. The fourth-order valence-corrected chi connectivity index (χ4v) is 3.87. The van der Waals surface area contributed by atoms with Crippen LogP contribution in [0.3, 0.4) is 0 Å². The molecule has 0 atom stereocenters. The van der Waals surface area contributed by atoms with Gasteiger partial charge in [-0.3, -0.25) is 0 Å². The molecule has 3 heteroatoms. The first-order chi connectivity index (χ1) is 10.6. The minimum atomic E-state index is 0.589. The van der Waals surface area contributed by atoms with E-state index in [9.17, 15) is 0 Å². The lowest BCUT2D eigenvalue weighted by atomic mass is 9.90. The van der Waals surface area contributed by atoms with E-state index in [-0.39, 0.29) is 0 Å². The molecule has 0 saturated carbocycles. The van der Waals surface area contributed by atoms with Gasteiger partial charge in [0.2, 0.25) is 0 Å². The zero-order valence-corrected chi connectivity index (χ0v) is 15.7. The molecule has 0 nitrogen and oxygen atoms in total. The van der Waals surface area contributed by atoms with Crippen molar-refractivity contribution in [3.05, 3.63) is 85.3 Å². The largest absolute Gasteiger partial charge is 0.0827 e. The highest BCUT2D eigenvalue weighted by Crippen LogP contribution is 2.41. The van der Waals surface area contributed by atoms with Gasteiger partial charge in [-0.15, -0.1) is 0 Å². The Labute approximate surface area is 155 Å². The maximum atomic E-state index is 6.17. The van der Waals surface area contributed by atoms with Crippen LogP contribution in [-0.2, 0) is 0 Å². The standard InChI is InChI=1S/C19H14Cl2I/c1-12-5-7-13(8-6-12)15-3-2-4-16(19(15)22)14-9-10-17(20)18(21)11-14/h3-11H,2H2,1H3. The van der Waals surface area contributed by atoms with Gasteiger partial charge in [-0.05, 0) is 76.8 Å². The Balaban J connectivity index is 2.04. The zero-order valence-electron chi connectivity index (χ0n) is 12.0. The van der Waals surface area contributed by atoms with Crippen LogP contribution in [0.25, 0.3) is 11.1 Å². The average Bonchev–Trinajstić information content (AvgIpc) is 2.51. The first-order valence-corrected chi connectivity index (χ1v) is 8.85. The maximum absolute atomic E-state index is 6.17. The minimum Gasteiger partial charge on any atom is -0.0827 e. The van der Waals surface area contributed by atoms with E-state index in [0.29, 0.717) is 10.0 Å². The third-order valence-electron chi connectivity index (χ3n) is 3.71. The Morgan fingerprint density at radius 1 is 0.909 bits per heavy atom. The second-order valence-corrected chi connectivity index (χ2v) is 7.17. The van der Waals surface area contributed by atoms with E-state index in [1.54, 1.807) is 0 Å². The van der Waals surface area contributed by atoms with Gasteiger partial charge in [0.15, 0.2) is 0 Å². The molecule has 0 spiro atoms. The summed E-state index contributed by atoms with van der Waals surface area (Å²) in [5.74, 6) is 0. The first-order valence-electron chi connectivity index (χ1n) is 7.02. The summed E-state index contributed by atoms with van der Waals surface area (Å²) in [7, 11) is 0. The second kappa shape index (κ2) is 6.77. The van der Waals surface area contributed by atoms with Crippen LogP contribution in [0.15, 0.2) is 52.1 Å². The number of benzene rings is 2. The van der Waals surface area contributed by atoms with E-state index in [2.05, 4.69) is 66.3 Å². The molecule has 0 saturated heterocycles. The highest BCUT2D eigenvalue weighted by Gasteiger charge is 2.17. The number of allylic oxidation sites excluding steroid dienone is 4. The number of hydrogen-bond acceptors (Lipinski definition) is 0. The van der Waals surface area contributed by atoms with Crippen molar-refractivity contribution >= 4 is 56.9 Å². The molecule has 0 unspecified atom stereocenters. The quantitative estimate of drug-likeness (QED) is 0.436. The van der Waals surface area contributed by atoms with E-state index >= 15 is 0 Å². The van der Waals surface area contributed by atoms with Crippen LogP contribution < -0.4 is 0 Å². The van der Waals surface area contributed by atoms with Crippen LogP contribution in [0, 0.1) is 13.3 Å². The number of hydrogen-bond donors (Lipinski definition) is 0. The Morgan fingerprint density at radius 2 is 1.59 bits per heavy atom. The fourth-order valence-electron chi connectivity index (χ4n) is 2.50. The maximum Gasteiger partial charge on any atom is 0.0598 e. The highest BCUT2D eigenvalue weighted by molar-refractivity contribution is 14.1. The molecule has 3 rings (SSSR count). The summed E-state index contributed by atoms with van der Waals surface area (Å²) in [5.41, 5.74) is 6.13. The molecule has 0 amide bonds. The van der Waals surface area contributed by atoms with Gasteiger partial charge in [-0.1, -0.05) is 65.2 Å². The molecule has 1 radical (unpaired) electrons. The Hall–Kier alpha value is -0.770. The molecule has 111 valence electrons. The smallest absolute Gasteiger partial charge is 0.0598 e. The van der Waals surface area contributed by atoms with Gasteiger partial charge in [0.05, 0.1) is 10.0 Å². The molecule has 22 heavy (non-hydrogen) atoms. The first kappa shape index (κ1) is 16.1.